The molecule has 0 saturated heterocycles. The quantitative estimate of drug-likeness (QED) is 0.728. The van der Waals surface area contributed by atoms with E-state index in [-0.39, 0.29) is 5.91 Å². The predicted molar refractivity (Wildman–Crippen MR) is 83.6 cm³/mol. The molecule has 5 heteroatoms. The Morgan fingerprint density at radius 3 is 2.22 bits per heavy atom. The van der Waals surface area contributed by atoms with E-state index in [0.29, 0.717) is 21.3 Å². The van der Waals surface area contributed by atoms with Crippen molar-refractivity contribution in [2.24, 2.45) is 0 Å². The number of rotatable bonds is 2. The lowest BCUT2D eigenvalue weighted by Gasteiger charge is -2.09. The standard InChI is InChI=1S/C13H8Cl2INO/c14-9-5-3-6-10(15)12(9)17-13(18)8-4-1-2-7-11(8)16/h1-7H,(H,17,18). The first kappa shape index (κ1) is 13.6. The molecule has 0 bridgehead atoms. The van der Waals surface area contributed by atoms with Crippen LogP contribution in [0.3, 0.4) is 0 Å². The van der Waals surface area contributed by atoms with E-state index in [1.165, 1.54) is 0 Å². The first-order valence-corrected chi connectivity index (χ1v) is 6.93. The lowest BCUT2D eigenvalue weighted by molar-refractivity contribution is 0.102. The van der Waals surface area contributed by atoms with E-state index in [0.717, 1.165) is 3.57 Å². The molecule has 0 saturated carbocycles. The van der Waals surface area contributed by atoms with Crippen molar-refractivity contribution in [3.05, 3.63) is 61.6 Å². The predicted octanol–water partition coefficient (Wildman–Crippen LogP) is 4.85. The Bertz CT molecular complexity index is 581. The molecule has 0 aliphatic carbocycles. The Morgan fingerprint density at radius 2 is 1.61 bits per heavy atom. The average molecular weight is 392 g/mol. The molecule has 0 spiro atoms. The van der Waals surface area contributed by atoms with Crippen LogP contribution in [0.15, 0.2) is 42.5 Å². The normalized spacial score (nSPS) is 10.2. The summed E-state index contributed by atoms with van der Waals surface area (Å²) in [5.74, 6) is -0.227. The molecular formula is C13H8Cl2INO. The lowest BCUT2D eigenvalue weighted by atomic mass is 10.2. The maximum absolute atomic E-state index is 12.1. The van der Waals surface area contributed by atoms with Gasteiger partial charge in [-0.25, -0.2) is 0 Å². The van der Waals surface area contributed by atoms with Gasteiger partial charge in [0.25, 0.3) is 5.91 Å². The van der Waals surface area contributed by atoms with Crippen molar-refractivity contribution in [1.29, 1.82) is 0 Å². The van der Waals surface area contributed by atoms with E-state index in [1.54, 1.807) is 24.3 Å². The summed E-state index contributed by atoms with van der Waals surface area (Å²) in [6, 6.07) is 12.4. The molecule has 2 aromatic carbocycles. The summed E-state index contributed by atoms with van der Waals surface area (Å²) >= 11 is 14.1. The Kier molecular flexibility index (Phi) is 4.48. The van der Waals surface area contributed by atoms with Crippen molar-refractivity contribution >= 4 is 57.4 Å². The Balaban J connectivity index is 2.30. The second kappa shape index (κ2) is 5.91. The molecule has 2 rings (SSSR count). The van der Waals surface area contributed by atoms with Crippen LogP contribution in [-0.4, -0.2) is 5.91 Å². The fourth-order valence-electron chi connectivity index (χ4n) is 1.44. The molecule has 18 heavy (non-hydrogen) atoms. The monoisotopic (exact) mass is 391 g/mol. The van der Waals surface area contributed by atoms with E-state index < -0.39 is 0 Å². The molecule has 2 aromatic rings. The van der Waals surface area contributed by atoms with E-state index in [4.69, 9.17) is 23.2 Å². The number of halogens is 3. The van der Waals surface area contributed by atoms with Crippen LogP contribution >= 0.6 is 45.8 Å². The third-order valence-electron chi connectivity index (χ3n) is 2.32. The third kappa shape index (κ3) is 2.96. The summed E-state index contributed by atoms with van der Waals surface area (Å²) in [6.07, 6.45) is 0. The maximum Gasteiger partial charge on any atom is 0.256 e. The van der Waals surface area contributed by atoms with Crippen LogP contribution in [0.5, 0.6) is 0 Å². The summed E-state index contributed by atoms with van der Waals surface area (Å²) in [7, 11) is 0. The number of anilines is 1. The molecule has 0 atom stereocenters. The number of hydrogen-bond donors (Lipinski definition) is 1. The smallest absolute Gasteiger partial charge is 0.256 e. The summed E-state index contributed by atoms with van der Waals surface area (Å²) in [5.41, 5.74) is 1.03. The minimum atomic E-state index is -0.227. The Labute approximate surface area is 128 Å². The molecule has 0 unspecified atom stereocenters. The van der Waals surface area contributed by atoms with Gasteiger partial charge in [0.1, 0.15) is 0 Å². The van der Waals surface area contributed by atoms with Crippen LogP contribution < -0.4 is 5.32 Å². The van der Waals surface area contributed by atoms with E-state index in [2.05, 4.69) is 27.9 Å². The van der Waals surface area contributed by atoms with Gasteiger partial charge in [0.05, 0.1) is 21.3 Å². The van der Waals surface area contributed by atoms with Crippen LogP contribution in [0, 0.1) is 3.57 Å². The van der Waals surface area contributed by atoms with Crippen LogP contribution in [0.2, 0.25) is 10.0 Å². The highest BCUT2D eigenvalue weighted by Gasteiger charge is 2.13. The van der Waals surface area contributed by atoms with E-state index >= 15 is 0 Å². The highest BCUT2D eigenvalue weighted by Crippen LogP contribution is 2.30. The SMILES string of the molecule is O=C(Nc1c(Cl)cccc1Cl)c1ccccc1I. The van der Waals surface area contributed by atoms with Gasteiger partial charge in [-0.2, -0.15) is 0 Å². The van der Waals surface area contributed by atoms with Crippen LogP contribution in [0.1, 0.15) is 10.4 Å². The van der Waals surface area contributed by atoms with Gasteiger partial charge in [-0.3, -0.25) is 4.79 Å². The molecule has 1 amide bonds. The molecule has 0 heterocycles. The summed E-state index contributed by atoms with van der Waals surface area (Å²) in [4.78, 5) is 12.1. The summed E-state index contributed by atoms with van der Waals surface area (Å²) in [6.45, 7) is 0. The molecule has 92 valence electrons. The van der Waals surface area contributed by atoms with Gasteiger partial charge in [-0.15, -0.1) is 0 Å². The van der Waals surface area contributed by atoms with Gasteiger partial charge in [0.15, 0.2) is 0 Å². The number of carbonyl (C=O) groups is 1. The molecule has 0 aliphatic heterocycles. The average Bonchev–Trinajstić information content (AvgIpc) is 2.34. The number of carbonyl (C=O) groups excluding carboxylic acids is 1. The van der Waals surface area contributed by atoms with Crippen molar-refractivity contribution in [3.63, 3.8) is 0 Å². The molecular weight excluding hydrogens is 384 g/mol. The molecule has 0 aliphatic rings. The van der Waals surface area contributed by atoms with Crippen molar-refractivity contribution in [2.45, 2.75) is 0 Å². The van der Waals surface area contributed by atoms with Crippen molar-refractivity contribution in [2.75, 3.05) is 5.32 Å². The van der Waals surface area contributed by atoms with Gasteiger partial charge in [0, 0.05) is 3.57 Å². The van der Waals surface area contributed by atoms with Gasteiger partial charge >= 0.3 is 0 Å². The topological polar surface area (TPSA) is 29.1 Å². The second-order valence-corrected chi connectivity index (χ2v) is 5.51. The minimum absolute atomic E-state index is 0.227. The van der Waals surface area contributed by atoms with Crippen LogP contribution in [0.4, 0.5) is 5.69 Å². The zero-order valence-corrected chi connectivity index (χ0v) is 12.8. The Hall–Kier alpha value is -0.780. The van der Waals surface area contributed by atoms with E-state index in [1.807, 2.05) is 18.2 Å². The molecule has 2 nitrogen and oxygen atoms in total. The fourth-order valence-corrected chi connectivity index (χ4v) is 2.57. The van der Waals surface area contributed by atoms with Gasteiger partial charge in [-0.05, 0) is 46.9 Å². The zero-order valence-electron chi connectivity index (χ0n) is 9.08. The Morgan fingerprint density at radius 1 is 1.00 bits per heavy atom. The largest absolute Gasteiger partial charge is 0.319 e. The highest BCUT2D eigenvalue weighted by atomic mass is 127. The first-order chi connectivity index (χ1) is 8.59. The zero-order chi connectivity index (χ0) is 13.1. The minimum Gasteiger partial charge on any atom is -0.319 e. The van der Waals surface area contributed by atoms with Crippen molar-refractivity contribution in [3.8, 4) is 0 Å². The van der Waals surface area contributed by atoms with Gasteiger partial charge in [-0.1, -0.05) is 41.4 Å². The van der Waals surface area contributed by atoms with Crippen LogP contribution in [0.25, 0.3) is 0 Å². The number of benzene rings is 2. The summed E-state index contributed by atoms with van der Waals surface area (Å²) in [5, 5.41) is 3.56. The number of nitrogens with one attached hydrogen (secondary N) is 1. The number of para-hydroxylation sites is 1. The fraction of sp³-hybridized carbons (Fsp3) is 0. The number of hydrogen-bond acceptors (Lipinski definition) is 1. The number of amides is 1. The molecule has 0 radical (unpaired) electrons. The molecule has 1 N–H and O–H groups in total. The summed E-state index contributed by atoms with van der Waals surface area (Å²) < 4.78 is 0.871. The van der Waals surface area contributed by atoms with Crippen molar-refractivity contribution in [1.82, 2.24) is 0 Å². The third-order valence-corrected chi connectivity index (χ3v) is 3.89. The van der Waals surface area contributed by atoms with Gasteiger partial charge < -0.3 is 5.32 Å². The lowest BCUT2D eigenvalue weighted by Crippen LogP contribution is -2.13. The highest BCUT2D eigenvalue weighted by molar-refractivity contribution is 14.1. The molecule has 0 aromatic heterocycles. The maximum atomic E-state index is 12.1. The van der Waals surface area contributed by atoms with Crippen LogP contribution in [-0.2, 0) is 0 Å². The van der Waals surface area contributed by atoms with Crippen molar-refractivity contribution < 1.29 is 4.79 Å². The van der Waals surface area contributed by atoms with E-state index in [9.17, 15) is 4.79 Å². The first-order valence-electron chi connectivity index (χ1n) is 5.09. The molecule has 0 fully saturated rings. The van der Waals surface area contributed by atoms with Gasteiger partial charge in [0.2, 0.25) is 0 Å². The second-order valence-electron chi connectivity index (χ2n) is 3.53.